The zero-order chi connectivity index (χ0) is 12.9. The number of nitrogens with one attached hydrogen (secondary N) is 1. The number of carbonyl (C=O) groups excluding carboxylic acids is 2. The van der Waals surface area contributed by atoms with Crippen LogP contribution in [-0.4, -0.2) is 23.7 Å². The van der Waals surface area contributed by atoms with E-state index in [1.807, 2.05) is 0 Å². The second-order valence-corrected chi connectivity index (χ2v) is 3.13. The SMILES string of the molecule is O=CCCNC(=O)c1cnccc1C(F)(F)F. The van der Waals surface area contributed by atoms with E-state index < -0.39 is 23.2 Å². The van der Waals surface area contributed by atoms with Crippen molar-refractivity contribution in [3.63, 3.8) is 0 Å². The predicted octanol–water partition coefficient (Wildman–Crippen LogP) is 1.42. The molecule has 1 rings (SSSR count). The number of alkyl halides is 3. The molecule has 1 N–H and O–H groups in total. The summed E-state index contributed by atoms with van der Waals surface area (Å²) < 4.78 is 37.6. The summed E-state index contributed by atoms with van der Waals surface area (Å²) >= 11 is 0. The first kappa shape index (κ1) is 13.1. The number of amides is 1. The quantitative estimate of drug-likeness (QED) is 0.645. The monoisotopic (exact) mass is 246 g/mol. The van der Waals surface area contributed by atoms with Gasteiger partial charge in [-0.15, -0.1) is 0 Å². The van der Waals surface area contributed by atoms with Gasteiger partial charge in [0.25, 0.3) is 5.91 Å². The Morgan fingerprint density at radius 3 is 2.76 bits per heavy atom. The van der Waals surface area contributed by atoms with Gasteiger partial charge in [-0.2, -0.15) is 13.2 Å². The number of halogens is 3. The molecule has 0 aromatic carbocycles. The van der Waals surface area contributed by atoms with Gasteiger partial charge < -0.3 is 10.1 Å². The molecule has 0 atom stereocenters. The summed E-state index contributed by atoms with van der Waals surface area (Å²) in [4.78, 5) is 24.9. The Labute approximate surface area is 94.8 Å². The standard InChI is InChI=1S/C10H9F3N2O2/c11-10(12,13)8-2-4-14-6-7(8)9(17)15-3-1-5-16/h2,4-6H,1,3H2,(H,15,17). The minimum atomic E-state index is -4.61. The van der Waals surface area contributed by atoms with Crippen LogP contribution in [0.1, 0.15) is 22.3 Å². The van der Waals surface area contributed by atoms with Gasteiger partial charge >= 0.3 is 6.18 Å². The summed E-state index contributed by atoms with van der Waals surface area (Å²) in [6.07, 6.45) is -2.19. The lowest BCUT2D eigenvalue weighted by Crippen LogP contribution is -2.27. The Balaban J connectivity index is 2.90. The zero-order valence-corrected chi connectivity index (χ0v) is 8.62. The molecule has 0 saturated carbocycles. The first-order valence-electron chi connectivity index (χ1n) is 4.70. The highest BCUT2D eigenvalue weighted by Gasteiger charge is 2.35. The van der Waals surface area contributed by atoms with Gasteiger partial charge in [0.05, 0.1) is 11.1 Å². The minimum Gasteiger partial charge on any atom is -0.352 e. The highest BCUT2D eigenvalue weighted by atomic mass is 19.4. The number of carbonyl (C=O) groups is 2. The lowest BCUT2D eigenvalue weighted by atomic mass is 10.1. The van der Waals surface area contributed by atoms with Crippen LogP contribution in [0, 0.1) is 0 Å². The molecule has 17 heavy (non-hydrogen) atoms. The van der Waals surface area contributed by atoms with E-state index in [9.17, 15) is 22.8 Å². The van der Waals surface area contributed by atoms with E-state index in [0.717, 1.165) is 18.5 Å². The topological polar surface area (TPSA) is 59.1 Å². The van der Waals surface area contributed by atoms with E-state index in [1.165, 1.54) is 0 Å². The lowest BCUT2D eigenvalue weighted by molar-refractivity contribution is -0.138. The second kappa shape index (κ2) is 5.42. The first-order chi connectivity index (χ1) is 7.96. The van der Waals surface area contributed by atoms with E-state index in [0.29, 0.717) is 6.29 Å². The van der Waals surface area contributed by atoms with Gasteiger partial charge in [-0.3, -0.25) is 9.78 Å². The van der Waals surface area contributed by atoms with Gasteiger partial charge in [0.2, 0.25) is 0 Å². The third-order valence-corrected chi connectivity index (χ3v) is 1.92. The van der Waals surface area contributed by atoms with Crippen LogP contribution in [0.5, 0.6) is 0 Å². The van der Waals surface area contributed by atoms with Gasteiger partial charge in [0.1, 0.15) is 6.29 Å². The first-order valence-corrected chi connectivity index (χ1v) is 4.70. The third kappa shape index (κ3) is 3.54. The van der Waals surface area contributed by atoms with Gasteiger partial charge in [-0.1, -0.05) is 0 Å². The molecule has 0 fully saturated rings. The molecule has 0 spiro atoms. The molecule has 92 valence electrons. The summed E-state index contributed by atoms with van der Waals surface area (Å²) in [5.74, 6) is -0.896. The average molecular weight is 246 g/mol. The average Bonchev–Trinajstić information content (AvgIpc) is 2.28. The van der Waals surface area contributed by atoms with Gasteiger partial charge in [-0.05, 0) is 6.07 Å². The fraction of sp³-hybridized carbons (Fsp3) is 0.300. The molecular formula is C10H9F3N2O2. The van der Waals surface area contributed by atoms with Crippen molar-refractivity contribution < 1.29 is 22.8 Å². The fourth-order valence-electron chi connectivity index (χ4n) is 1.16. The molecule has 1 aromatic rings. The van der Waals surface area contributed by atoms with Crippen LogP contribution in [0.15, 0.2) is 18.5 Å². The maximum absolute atomic E-state index is 12.5. The smallest absolute Gasteiger partial charge is 0.352 e. The summed E-state index contributed by atoms with van der Waals surface area (Å²) in [7, 11) is 0. The van der Waals surface area contributed by atoms with Crippen LogP contribution < -0.4 is 5.32 Å². The molecule has 1 aromatic heterocycles. The van der Waals surface area contributed by atoms with Gasteiger partial charge in [0, 0.05) is 25.4 Å². The fourth-order valence-corrected chi connectivity index (χ4v) is 1.16. The molecule has 0 aliphatic carbocycles. The van der Waals surface area contributed by atoms with Crippen LogP contribution in [0.3, 0.4) is 0 Å². The predicted molar refractivity (Wildman–Crippen MR) is 52.3 cm³/mol. The molecule has 0 bridgehead atoms. The molecule has 0 aliphatic heterocycles. The van der Waals surface area contributed by atoms with Crippen LogP contribution in [-0.2, 0) is 11.0 Å². The molecule has 1 amide bonds. The van der Waals surface area contributed by atoms with Crippen molar-refractivity contribution in [2.24, 2.45) is 0 Å². The van der Waals surface area contributed by atoms with Crippen LogP contribution in [0.4, 0.5) is 13.2 Å². The Bertz CT molecular complexity index is 418. The molecule has 1 heterocycles. The number of hydrogen-bond acceptors (Lipinski definition) is 3. The number of hydrogen-bond donors (Lipinski definition) is 1. The van der Waals surface area contributed by atoms with E-state index in [4.69, 9.17) is 0 Å². The maximum Gasteiger partial charge on any atom is 0.417 e. The molecular weight excluding hydrogens is 237 g/mol. The van der Waals surface area contributed by atoms with Crippen molar-refractivity contribution in [1.82, 2.24) is 10.3 Å². The third-order valence-electron chi connectivity index (χ3n) is 1.92. The molecule has 0 radical (unpaired) electrons. The lowest BCUT2D eigenvalue weighted by Gasteiger charge is -2.11. The summed E-state index contributed by atoms with van der Waals surface area (Å²) in [6.45, 7) is -0.00543. The number of aldehydes is 1. The van der Waals surface area contributed by atoms with Gasteiger partial charge in [0.15, 0.2) is 0 Å². The largest absolute Gasteiger partial charge is 0.417 e. The number of pyridine rings is 1. The number of rotatable bonds is 4. The Morgan fingerprint density at radius 1 is 1.47 bits per heavy atom. The molecule has 4 nitrogen and oxygen atoms in total. The van der Waals surface area contributed by atoms with Crippen molar-refractivity contribution in [2.75, 3.05) is 6.54 Å². The highest BCUT2D eigenvalue weighted by Crippen LogP contribution is 2.31. The summed E-state index contributed by atoms with van der Waals surface area (Å²) in [5, 5.41) is 2.20. The molecule has 0 aliphatic rings. The molecule has 7 heteroatoms. The van der Waals surface area contributed by atoms with Crippen LogP contribution in [0.25, 0.3) is 0 Å². The highest BCUT2D eigenvalue weighted by molar-refractivity contribution is 5.95. The van der Waals surface area contributed by atoms with Gasteiger partial charge in [-0.25, -0.2) is 0 Å². The zero-order valence-electron chi connectivity index (χ0n) is 8.62. The minimum absolute atomic E-state index is 0.00543. The normalized spacial score (nSPS) is 11.0. The van der Waals surface area contributed by atoms with E-state index >= 15 is 0 Å². The van der Waals surface area contributed by atoms with Crippen molar-refractivity contribution in [2.45, 2.75) is 12.6 Å². The van der Waals surface area contributed by atoms with E-state index in [-0.39, 0.29) is 13.0 Å². The van der Waals surface area contributed by atoms with Crippen LogP contribution >= 0.6 is 0 Å². The van der Waals surface area contributed by atoms with Crippen molar-refractivity contribution in [1.29, 1.82) is 0 Å². The van der Waals surface area contributed by atoms with Crippen molar-refractivity contribution in [3.8, 4) is 0 Å². The van der Waals surface area contributed by atoms with Crippen molar-refractivity contribution >= 4 is 12.2 Å². The van der Waals surface area contributed by atoms with Crippen LogP contribution in [0.2, 0.25) is 0 Å². The Morgan fingerprint density at radius 2 is 2.18 bits per heavy atom. The molecule has 0 saturated heterocycles. The second-order valence-electron chi connectivity index (χ2n) is 3.13. The van der Waals surface area contributed by atoms with Crippen molar-refractivity contribution in [3.05, 3.63) is 29.6 Å². The van der Waals surface area contributed by atoms with E-state index in [1.54, 1.807) is 0 Å². The maximum atomic E-state index is 12.5. The summed E-state index contributed by atoms with van der Waals surface area (Å²) in [6, 6.07) is 0.731. The molecule has 0 unspecified atom stereocenters. The Kier molecular flexibility index (Phi) is 4.19. The Hall–Kier alpha value is -1.92. The number of aromatic nitrogens is 1. The summed E-state index contributed by atoms with van der Waals surface area (Å²) in [5.41, 5.74) is -1.60. The number of nitrogens with zero attached hydrogens (tertiary/aromatic N) is 1. The van der Waals surface area contributed by atoms with E-state index in [2.05, 4.69) is 10.3 Å².